The molecular weight excluding hydrogens is 262 g/mol. The fourth-order valence-corrected chi connectivity index (χ4v) is 2.84. The number of imidazole rings is 1. The molecule has 0 radical (unpaired) electrons. The van der Waals surface area contributed by atoms with E-state index in [9.17, 15) is 0 Å². The first-order valence-electron chi connectivity index (χ1n) is 6.31. The molecule has 1 fully saturated rings. The van der Waals surface area contributed by atoms with Crippen LogP contribution in [-0.4, -0.2) is 35.9 Å². The van der Waals surface area contributed by atoms with Crippen molar-refractivity contribution in [3.63, 3.8) is 0 Å². The van der Waals surface area contributed by atoms with E-state index in [-0.39, 0.29) is 12.1 Å². The summed E-state index contributed by atoms with van der Waals surface area (Å²) in [6.45, 7) is 1.74. The second-order valence-corrected chi connectivity index (χ2v) is 5.07. The van der Waals surface area contributed by atoms with Crippen molar-refractivity contribution in [2.45, 2.75) is 12.1 Å². The van der Waals surface area contributed by atoms with Crippen LogP contribution in [0.3, 0.4) is 0 Å². The fraction of sp³-hybridized carbons (Fsp3) is 0.357. The van der Waals surface area contributed by atoms with Crippen LogP contribution < -0.4 is 5.32 Å². The van der Waals surface area contributed by atoms with Gasteiger partial charge in [0, 0.05) is 30.8 Å². The van der Waals surface area contributed by atoms with E-state index in [0.717, 1.165) is 29.4 Å². The Balaban J connectivity index is 2.01. The summed E-state index contributed by atoms with van der Waals surface area (Å²) in [5, 5.41) is 4.09. The van der Waals surface area contributed by atoms with E-state index >= 15 is 0 Å². The standard InChI is InChI=1S/C14H16ClN3O/c1-19-14-8-16-7-13(14)18-9-17-6-12(18)10-4-2-3-5-11(10)15/h2-6,9,13-14,16H,7-8H2,1H3/t13?,14-/m0/s1. The molecule has 0 aliphatic carbocycles. The van der Waals surface area contributed by atoms with Crippen molar-refractivity contribution < 1.29 is 4.74 Å². The van der Waals surface area contributed by atoms with Crippen molar-refractivity contribution in [1.82, 2.24) is 14.9 Å². The lowest BCUT2D eigenvalue weighted by atomic mass is 10.1. The third kappa shape index (κ3) is 2.27. The zero-order chi connectivity index (χ0) is 13.2. The van der Waals surface area contributed by atoms with Crippen molar-refractivity contribution in [3.05, 3.63) is 41.8 Å². The molecule has 2 heterocycles. The Morgan fingerprint density at radius 1 is 1.37 bits per heavy atom. The molecule has 2 aromatic rings. The van der Waals surface area contributed by atoms with E-state index in [2.05, 4.69) is 14.9 Å². The lowest BCUT2D eigenvalue weighted by Crippen LogP contribution is -2.24. The molecular formula is C14H16ClN3O. The number of hydrogen-bond acceptors (Lipinski definition) is 3. The number of hydrogen-bond donors (Lipinski definition) is 1. The largest absolute Gasteiger partial charge is 0.378 e. The zero-order valence-corrected chi connectivity index (χ0v) is 11.5. The Bertz CT molecular complexity index is 569. The SMILES string of the molecule is CO[C@H]1CNCC1n1cncc1-c1ccccc1Cl. The quantitative estimate of drug-likeness (QED) is 0.936. The predicted octanol–water partition coefficient (Wildman–Crippen LogP) is 2.36. The van der Waals surface area contributed by atoms with Crippen LogP contribution in [0, 0.1) is 0 Å². The minimum atomic E-state index is 0.162. The number of ether oxygens (including phenoxy) is 1. The first-order valence-corrected chi connectivity index (χ1v) is 6.69. The molecule has 1 aliphatic heterocycles. The van der Waals surface area contributed by atoms with Crippen LogP contribution in [0.5, 0.6) is 0 Å². The van der Waals surface area contributed by atoms with E-state index in [1.165, 1.54) is 0 Å². The minimum Gasteiger partial charge on any atom is -0.378 e. The highest BCUT2D eigenvalue weighted by Gasteiger charge is 2.29. The van der Waals surface area contributed by atoms with Gasteiger partial charge in [0.25, 0.3) is 0 Å². The first kappa shape index (κ1) is 12.7. The Kier molecular flexibility index (Phi) is 3.55. The van der Waals surface area contributed by atoms with Crippen molar-refractivity contribution in [2.24, 2.45) is 0 Å². The molecule has 1 N–H and O–H groups in total. The summed E-state index contributed by atoms with van der Waals surface area (Å²) in [5.41, 5.74) is 2.03. The van der Waals surface area contributed by atoms with Gasteiger partial charge in [-0.15, -0.1) is 0 Å². The van der Waals surface area contributed by atoms with Gasteiger partial charge in [0.15, 0.2) is 0 Å². The van der Waals surface area contributed by atoms with E-state index in [1.807, 2.05) is 36.8 Å². The first-order chi connectivity index (χ1) is 9.31. The van der Waals surface area contributed by atoms with Gasteiger partial charge in [0.1, 0.15) is 0 Å². The van der Waals surface area contributed by atoms with E-state index in [1.54, 1.807) is 7.11 Å². The molecule has 2 atom stereocenters. The van der Waals surface area contributed by atoms with Gasteiger partial charge in [-0.25, -0.2) is 4.98 Å². The Labute approximate surface area is 117 Å². The molecule has 1 aliphatic rings. The fourth-order valence-electron chi connectivity index (χ4n) is 2.61. The van der Waals surface area contributed by atoms with Gasteiger partial charge in [-0.3, -0.25) is 0 Å². The number of nitrogens with one attached hydrogen (secondary N) is 1. The van der Waals surface area contributed by atoms with Crippen molar-refractivity contribution in [3.8, 4) is 11.3 Å². The Morgan fingerprint density at radius 3 is 3.00 bits per heavy atom. The highest BCUT2D eigenvalue weighted by atomic mass is 35.5. The number of aromatic nitrogens is 2. The second kappa shape index (κ2) is 5.33. The van der Waals surface area contributed by atoms with Gasteiger partial charge in [-0.1, -0.05) is 29.8 Å². The number of methoxy groups -OCH3 is 1. The Morgan fingerprint density at radius 2 is 2.21 bits per heavy atom. The van der Waals surface area contributed by atoms with E-state index in [4.69, 9.17) is 16.3 Å². The molecule has 1 saturated heterocycles. The molecule has 0 bridgehead atoms. The predicted molar refractivity (Wildman–Crippen MR) is 75.4 cm³/mol. The van der Waals surface area contributed by atoms with Gasteiger partial charge < -0.3 is 14.6 Å². The highest BCUT2D eigenvalue weighted by molar-refractivity contribution is 6.33. The van der Waals surface area contributed by atoms with Crippen LogP contribution in [0.4, 0.5) is 0 Å². The van der Waals surface area contributed by atoms with Gasteiger partial charge in [-0.05, 0) is 6.07 Å². The molecule has 100 valence electrons. The molecule has 0 amide bonds. The summed E-state index contributed by atoms with van der Waals surface area (Å²) in [7, 11) is 1.75. The van der Waals surface area contributed by atoms with Crippen LogP contribution in [0.2, 0.25) is 5.02 Å². The Hall–Kier alpha value is -1.36. The molecule has 1 aromatic carbocycles. The molecule has 0 saturated carbocycles. The number of rotatable bonds is 3. The smallest absolute Gasteiger partial charge is 0.0954 e. The monoisotopic (exact) mass is 277 g/mol. The molecule has 4 nitrogen and oxygen atoms in total. The maximum Gasteiger partial charge on any atom is 0.0954 e. The highest BCUT2D eigenvalue weighted by Crippen LogP contribution is 2.31. The van der Waals surface area contributed by atoms with Gasteiger partial charge in [0.2, 0.25) is 0 Å². The second-order valence-electron chi connectivity index (χ2n) is 4.67. The molecule has 0 spiro atoms. The van der Waals surface area contributed by atoms with Gasteiger partial charge >= 0.3 is 0 Å². The average Bonchev–Trinajstić information content (AvgIpc) is 3.07. The lowest BCUT2D eigenvalue weighted by Gasteiger charge is -2.21. The maximum atomic E-state index is 6.28. The maximum absolute atomic E-state index is 6.28. The summed E-state index contributed by atoms with van der Waals surface area (Å²) in [5.74, 6) is 0. The summed E-state index contributed by atoms with van der Waals surface area (Å²) >= 11 is 6.28. The summed E-state index contributed by atoms with van der Waals surface area (Å²) in [4.78, 5) is 4.27. The van der Waals surface area contributed by atoms with Crippen LogP contribution in [0.1, 0.15) is 6.04 Å². The normalized spacial score (nSPS) is 22.8. The van der Waals surface area contributed by atoms with Gasteiger partial charge in [0.05, 0.1) is 30.4 Å². The van der Waals surface area contributed by atoms with Crippen LogP contribution in [0.15, 0.2) is 36.8 Å². The number of halogens is 1. The third-order valence-corrected chi connectivity index (χ3v) is 3.93. The van der Waals surface area contributed by atoms with Gasteiger partial charge in [-0.2, -0.15) is 0 Å². The van der Waals surface area contributed by atoms with Crippen LogP contribution >= 0.6 is 11.6 Å². The summed E-state index contributed by atoms with van der Waals surface area (Å²) in [6, 6.07) is 8.08. The lowest BCUT2D eigenvalue weighted by molar-refractivity contribution is 0.0870. The van der Waals surface area contributed by atoms with E-state index < -0.39 is 0 Å². The van der Waals surface area contributed by atoms with Crippen molar-refractivity contribution in [1.29, 1.82) is 0 Å². The van der Waals surface area contributed by atoms with Crippen molar-refractivity contribution in [2.75, 3.05) is 20.2 Å². The molecule has 1 aromatic heterocycles. The van der Waals surface area contributed by atoms with Crippen LogP contribution in [-0.2, 0) is 4.74 Å². The van der Waals surface area contributed by atoms with Crippen LogP contribution in [0.25, 0.3) is 11.3 Å². The number of benzene rings is 1. The third-order valence-electron chi connectivity index (χ3n) is 3.60. The average molecular weight is 278 g/mol. The zero-order valence-electron chi connectivity index (χ0n) is 10.7. The summed E-state index contributed by atoms with van der Waals surface area (Å²) < 4.78 is 7.67. The molecule has 19 heavy (non-hydrogen) atoms. The number of nitrogens with zero attached hydrogens (tertiary/aromatic N) is 2. The molecule has 1 unspecified atom stereocenters. The topological polar surface area (TPSA) is 39.1 Å². The van der Waals surface area contributed by atoms with E-state index in [0.29, 0.717) is 0 Å². The van der Waals surface area contributed by atoms with Crippen molar-refractivity contribution >= 4 is 11.6 Å². The minimum absolute atomic E-state index is 0.162. The molecule has 5 heteroatoms. The summed E-state index contributed by atoms with van der Waals surface area (Å²) in [6.07, 6.45) is 3.87. The molecule has 3 rings (SSSR count).